The van der Waals surface area contributed by atoms with E-state index in [-0.39, 0.29) is 0 Å². The number of carbonyl (C=O) groups is 2. The highest BCUT2D eigenvalue weighted by Gasteiger charge is 2.45. The number of rotatable bonds is 5. The van der Waals surface area contributed by atoms with Gasteiger partial charge in [-0.05, 0) is 0 Å². The van der Waals surface area contributed by atoms with Gasteiger partial charge in [-0.2, -0.15) is 0 Å². The lowest BCUT2D eigenvalue weighted by Gasteiger charge is -2.40. The van der Waals surface area contributed by atoms with E-state index >= 15 is 0 Å². The van der Waals surface area contributed by atoms with Crippen LogP contribution in [-0.4, -0.2) is 74.1 Å². The minimum Gasteiger partial charge on any atom is -0.454 e. The molecule has 0 spiro atoms. The number of ether oxygens (including phenoxy) is 2. The number of carbonyl (C=O) groups excluding carboxylic acids is 2. The lowest BCUT2D eigenvalue weighted by molar-refractivity contribution is -0.222. The van der Waals surface area contributed by atoms with Crippen LogP contribution in [0.1, 0.15) is 6.42 Å². The van der Waals surface area contributed by atoms with Crippen LogP contribution in [0.25, 0.3) is 0 Å². The Labute approximate surface area is 125 Å². The summed E-state index contributed by atoms with van der Waals surface area (Å²) in [5.74, 6) is -1.17. The van der Waals surface area contributed by atoms with Gasteiger partial charge >= 0.3 is 5.97 Å². The zero-order chi connectivity index (χ0) is 15.4. The second kappa shape index (κ2) is 7.59. The molecule has 0 aromatic carbocycles. The molecule has 8 nitrogen and oxygen atoms in total. The number of aliphatic hydroxyl groups is 4. The van der Waals surface area contributed by atoms with Crippen LogP contribution in [0.5, 0.6) is 0 Å². The molecule has 1 aliphatic heterocycles. The zero-order valence-corrected chi connectivity index (χ0v) is 12.0. The predicted molar refractivity (Wildman–Crippen MR) is 71.2 cm³/mol. The average Bonchev–Trinajstić information content (AvgIpc) is 2.37. The second-order valence-electron chi connectivity index (χ2n) is 4.24. The van der Waals surface area contributed by atoms with Gasteiger partial charge in [0.2, 0.25) is 0 Å². The quantitative estimate of drug-likeness (QED) is 0.240. The Morgan fingerprint density at radius 1 is 1.30 bits per heavy atom. The first-order valence-electron chi connectivity index (χ1n) is 5.68. The van der Waals surface area contributed by atoms with Crippen LogP contribution < -0.4 is 0 Å². The summed E-state index contributed by atoms with van der Waals surface area (Å²) >= 11 is 7.35. The van der Waals surface area contributed by atoms with Crippen molar-refractivity contribution in [3.05, 3.63) is 0 Å². The summed E-state index contributed by atoms with van der Waals surface area (Å²) in [6.07, 6.45) is -7.73. The molecule has 1 fully saturated rings. The molecule has 0 aliphatic carbocycles. The van der Waals surface area contributed by atoms with Crippen LogP contribution in [0.4, 0.5) is 0 Å². The van der Waals surface area contributed by atoms with Crippen molar-refractivity contribution < 1.29 is 39.5 Å². The van der Waals surface area contributed by atoms with Crippen LogP contribution >= 0.6 is 25.3 Å². The summed E-state index contributed by atoms with van der Waals surface area (Å²) in [7, 11) is 0. The maximum atomic E-state index is 11.5. The summed E-state index contributed by atoms with van der Waals surface area (Å²) in [6.45, 7) is -0.549. The number of aliphatic hydroxyl groups excluding tert-OH is 4. The Balaban J connectivity index is 2.66. The summed E-state index contributed by atoms with van der Waals surface area (Å²) in [5.41, 5.74) is -1.10. The van der Waals surface area contributed by atoms with Gasteiger partial charge in [-0.3, -0.25) is 4.79 Å². The van der Waals surface area contributed by atoms with E-state index in [1.54, 1.807) is 0 Å². The van der Waals surface area contributed by atoms with E-state index in [0.29, 0.717) is 0 Å². The molecule has 0 saturated carbocycles. The first kappa shape index (κ1) is 17.7. The summed E-state index contributed by atoms with van der Waals surface area (Å²) < 4.78 is 9.83. The fraction of sp³-hybridized carbons (Fsp3) is 0.800. The van der Waals surface area contributed by atoms with Crippen molar-refractivity contribution in [1.29, 1.82) is 0 Å². The minimum absolute atomic E-state index is 0.549. The Morgan fingerprint density at radius 2 is 1.90 bits per heavy atom. The molecule has 1 aliphatic rings. The fourth-order valence-corrected chi connectivity index (χ4v) is 2.23. The normalized spacial score (nSPS) is 35.4. The SMILES string of the molecule is O=C(S)CC(O)C(=O)O[C@@H]1[C@@H](O)[C@H](O)[C@@H](CO)O[C@@H]1S. The summed E-state index contributed by atoms with van der Waals surface area (Å²) in [5, 5.41) is 37.0. The number of hydrogen-bond acceptors (Lipinski definition) is 9. The lowest BCUT2D eigenvalue weighted by Crippen LogP contribution is -2.58. The third-order valence-corrected chi connectivity index (χ3v) is 3.33. The topological polar surface area (TPSA) is 134 Å². The first-order valence-corrected chi connectivity index (χ1v) is 6.65. The van der Waals surface area contributed by atoms with Gasteiger partial charge in [-0.1, -0.05) is 0 Å². The summed E-state index contributed by atoms with van der Waals surface area (Å²) in [4.78, 5) is 22.2. The van der Waals surface area contributed by atoms with Crippen molar-refractivity contribution in [3.8, 4) is 0 Å². The summed E-state index contributed by atoms with van der Waals surface area (Å²) in [6, 6.07) is 0. The largest absolute Gasteiger partial charge is 0.454 e. The number of hydrogen-bond donors (Lipinski definition) is 6. The van der Waals surface area contributed by atoms with E-state index in [2.05, 4.69) is 25.3 Å². The fourth-order valence-electron chi connectivity index (χ4n) is 1.66. The van der Waals surface area contributed by atoms with E-state index in [0.717, 1.165) is 0 Å². The standard InChI is InChI=1S/C10H16O8S2/c11-2-4-6(14)7(15)8(10(20)17-4)18-9(16)3(12)1-5(13)19/h3-4,6-8,10-12,14-15,20H,1-2H2,(H,13,19)/t3?,4-,6-,7+,8-,10-/m1/s1. The Hall–Kier alpha value is -0.360. The number of thiol groups is 2. The van der Waals surface area contributed by atoms with Crippen molar-refractivity contribution in [2.75, 3.05) is 6.61 Å². The van der Waals surface area contributed by atoms with Gasteiger partial charge in [0.15, 0.2) is 17.3 Å². The third-order valence-electron chi connectivity index (χ3n) is 2.73. The van der Waals surface area contributed by atoms with E-state index in [1.165, 1.54) is 0 Å². The van der Waals surface area contributed by atoms with Gasteiger partial charge in [0, 0.05) is 0 Å². The van der Waals surface area contributed by atoms with Crippen molar-refractivity contribution in [1.82, 2.24) is 0 Å². The van der Waals surface area contributed by atoms with E-state index in [4.69, 9.17) is 14.6 Å². The van der Waals surface area contributed by atoms with Crippen molar-refractivity contribution in [3.63, 3.8) is 0 Å². The number of esters is 1. The molecule has 10 heteroatoms. The van der Waals surface area contributed by atoms with Gasteiger partial charge in [-0.25, -0.2) is 4.79 Å². The molecular formula is C10H16O8S2. The highest BCUT2D eigenvalue weighted by Crippen LogP contribution is 2.26. The van der Waals surface area contributed by atoms with E-state index < -0.39 is 60.1 Å². The monoisotopic (exact) mass is 328 g/mol. The van der Waals surface area contributed by atoms with Gasteiger partial charge in [0.1, 0.15) is 23.7 Å². The van der Waals surface area contributed by atoms with Crippen molar-refractivity contribution in [2.45, 2.75) is 42.4 Å². The molecule has 0 aromatic rings. The molecule has 20 heavy (non-hydrogen) atoms. The second-order valence-corrected chi connectivity index (χ2v) is 5.25. The average molecular weight is 328 g/mol. The van der Waals surface area contributed by atoms with Crippen molar-refractivity contribution in [2.24, 2.45) is 0 Å². The van der Waals surface area contributed by atoms with Crippen LogP contribution in [0.3, 0.4) is 0 Å². The van der Waals surface area contributed by atoms with Crippen molar-refractivity contribution >= 4 is 36.3 Å². The van der Waals surface area contributed by atoms with Crippen LogP contribution in [0.2, 0.25) is 0 Å². The molecule has 1 saturated heterocycles. The van der Waals surface area contributed by atoms with Crippen LogP contribution in [0.15, 0.2) is 0 Å². The molecule has 6 atom stereocenters. The van der Waals surface area contributed by atoms with E-state index in [1.807, 2.05) is 0 Å². The molecular weight excluding hydrogens is 312 g/mol. The minimum atomic E-state index is -1.74. The smallest absolute Gasteiger partial charge is 0.335 e. The molecule has 116 valence electrons. The molecule has 1 unspecified atom stereocenters. The lowest BCUT2D eigenvalue weighted by atomic mass is 10.00. The highest BCUT2D eigenvalue weighted by atomic mass is 32.1. The molecule has 0 radical (unpaired) electrons. The first-order chi connectivity index (χ1) is 9.27. The molecule has 0 bridgehead atoms. The Kier molecular flexibility index (Phi) is 6.72. The molecule has 1 heterocycles. The highest BCUT2D eigenvalue weighted by molar-refractivity contribution is 7.96. The molecule has 4 N–H and O–H groups in total. The molecule has 1 rings (SSSR count). The maximum Gasteiger partial charge on any atom is 0.335 e. The maximum absolute atomic E-state index is 11.5. The van der Waals surface area contributed by atoms with Crippen LogP contribution in [0, 0.1) is 0 Å². The predicted octanol–water partition coefficient (Wildman–Crippen LogP) is -2.53. The zero-order valence-electron chi connectivity index (χ0n) is 10.2. The van der Waals surface area contributed by atoms with E-state index in [9.17, 15) is 24.9 Å². The van der Waals surface area contributed by atoms with Gasteiger partial charge < -0.3 is 29.9 Å². The Morgan fingerprint density at radius 3 is 2.40 bits per heavy atom. The van der Waals surface area contributed by atoms with Crippen LogP contribution in [-0.2, 0) is 19.1 Å². The van der Waals surface area contributed by atoms with Gasteiger partial charge in [0.05, 0.1) is 13.0 Å². The van der Waals surface area contributed by atoms with Gasteiger partial charge in [0.25, 0.3) is 0 Å². The Bertz CT molecular complexity index is 365. The molecule has 0 aromatic heterocycles. The molecule has 0 amide bonds. The van der Waals surface area contributed by atoms with Gasteiger partial charge in [-0.15, -0.1) is 25.3 Å². The third kappa shape index (κ3) is 4.32.